The Balaban J connectivity index is 2.13. The minimum absolute atomic E-state index is 0.0752. The topological polar surface area (TPSA) is 46.6 Å². The van der Waals surface area contributed by atoms with Crippen LogP contribution in [0.3, 0.4) is 0 Å². The maximum absolute atomic E-state index is 13.5. The highest BCUT2D eigenvalue weighted by Crippen LogP contribution is 2.28. The molecule has 24 heavy (non-hydrogen) atoms. The Labute approximate surface area is 143 Å². The first-order chi connectivity index (χ1) is 11.2. The highest BCUT2D eigenvalue weighted by molar-refractivity contribution is 6.00. The zero-order valence-corrected chi connectivity index (χ0v) is 14.9. The lowest BCUT2D eigenvalue weighted by molar-refractivity contribution is -0.134. The Hall–Kier alpha value is -1.91. The standard InChI is InChI=1S/C19H26FNO3/c1-19(2,3)11-17(22)21-9-5-6-13(12-21)18(23)15-10-14(20)7-8-16(15)24-4/h7-8,10,13H,5-6,9,11-12H2,1-4H3. The van der Waals surface area contributed by atoms with Gasteiger partial charge in [-0.3, -0.25) is 9.59 Å². The second kappa shape index (κ2) is 7.32. The van der Waals surface area contributed by atoms with Crippen molar-refractivity contribution >= 4 is 11.7 Å². The summed E-state index contributed by atoms with van der Waals surface area (Å²) in [6, 6.07) is 3.96. The summed E-state index contributed by atoms with van der Waals surface area (Å²) in [5.74, 6) is -0.473. The molecule has 1 atom stereocenters. The van der Waals surface area contributed by atoms with E-state index in [1.54, 1.807) is 4.90 Å². The fraction of sp³-hybridized carbons (Fsp3) is 0.579. The number of ether oxygens (including phenoxy) is 1. The van der Waals surface area contributed by atoms with Crippen LogP contribution in [0.1, 0.15) is 50.4 Å². The molecule has 0 spiro atoms. The predicted octanol–water partition coefficient (Wildman–Crippen LogP) is 3.69. The van der Waals surface area contributed by atoms with E-state index < -0.39 is 5.82 Å². The van der Waals surface area contributed by atoms with E-state index in [-0.39, 0.29) is 28.6 Å². The number of halogens is 1. The van der Waals surface area contributed by atoms with Gasteiger partial charge in [0.25, 0.3) is 0 Å². The Morgan fingerprint density at radius 1 is 1.33 bits per heavy atom. The molecule has 132 valence electrons. The van der Waals surface area contributed by atoms with Crippen LogP contribution in [-0.4, -0.2) is 36.8 Å². The zero-order chi connectivity index (χ0) is 17.9. The highest BCUT2D eigenvalue weighted by atomic mass is 19.1. The molecule has 1 unspecified atom stereocenters. The molecule has 1 amide bonds. The number of hydrogen-bond acceptors (Lipinski definition) is 3. The highest BCUT2D eigenvalue weighted by Gasteiger charge is 2.31. The van der Waals surface area contributed by atoms with Crippen molar-refractivity contribution in [2.45, 2.75) is 40.0 Å². The van der Waals surface area contributed by atoms with Gasteiger partial charge in [-0.25, -0.2) is 4.39 Å². The summed E-state index contributed by atoms with van der Waals surface area (Å²) in [5.41, 5.74) is 0.174. The number of likely N-dealkylation sites (tertiary alicyclic amines) is 1. The zero-order valence-electron chi connectivity index (χ0n) is 14.9. The van der Waals surface area contributed by atoms with Gasteiger partial charge in [0, 0.05) is 25.4 Å². The molecule has 0 aromatic heterocycles. The van der Waals surface area contributed by atoms with Gasteiger partial charge in [0.15, 0.2) is 5.78 Å². The molecule has 0 radical (unpaired) electrons. The van der Waals surface area contributed by atoms with Crippen LogP contribution in [0.25, 0.3) is 0 Å². The van der Waals surface area contributed by atoms with E-state index in [0.717, 1.165) is 6.42 Å². The van der Waals surface area contributed by atoms with Crippen LogP contribution >= 0.6 is 0 Å². The van der Waals surface area contributed by atoms with Gasteiger partial charge in [-0.2, -0.15) is 0 Å². The lowest BCUT2D eigenvalue weighted by Crippen LogP contribution is -2.43. The number of methoxy groups -OCH3 is 1. The lowest BCUT2D eigenvalue weighted by atomic mass is 9.87. The third kappa shape index (κ3) is 4.56. The summed E-state index contributed by atoms with van der Waals surface area (Å²) in [7, 11) is 1.46. The largest absolute Gasteiger partial charge is 0.496 e. The van der Waals surface area contributed by atoms with Crippen molar-refractivity contribution in [3.05, 3.63) is 29.6 Å². The van der Waals surface area contributed by atoms with E-state index in [1.807, 2.05) is 20.8 Å². The molecule has 5 heteroatoms. The van der Waals surface area contributed by atoms with Crippen LogP contribution in [0.5, 0.6) is 5.75 Å². The number of carbonyl (C=O) groups is 2. The second-order valence-electron chi connectivity index (χ2n) is 7.63. The monoisotopic (exact) mass is 335 g/mol. The molecule has 0 aliphatic carbocycles. The molecule has 1 heterocycles. The molecule has 2 rings (SSSR count). The first-order valence-electron chi connectivity index (χ1n) is 8.37. The Bertz CT molecular complexity index is 622. The van der Waals surface area contributed by atoms with Gasteiger partial charge in [0.2, 0.25) is 5.91 Å². The van der Waals surface area contributed by atoms with Gasteiger partial charge in [-0.1, -0.05) is 20.8 Å². The molecule has 1 saturated heterocycles. The van der Waals surface area contributed by atoms with Crippen molar-refractivity contribution in [3.8, 4) is 5.75 Å². The van der Waals surface area contributed by atoms with Crippen molar-refractivity contribution < 1.29 is 18.7 Å². The van der Waals surface area contributed by atoms with Gasteiger partial charge in [0.05, 0.1) is 12.7 Å². The summed E-state index contributed by atoms with van der Waals surface area (Å²) in [6.45, 7) is 7.14. The molecular weight excluding hydrogens is 309 g/mol. The van der Waals surface area contributed by atoms with Gasteiger partial charge < -0.3 is 9.64 Å². The van der Waals surface area contributed by atoms with E-state index in [0.29, 0.717) is 31.7 Å². The average molecular weight is 335 g/mol. The summed E-state index contributed by atoms with van der Waals surface area (Å²) >= 11 is 0. The second-order valence-corrected chi connectivity index (χ2v) is 7.63. The van der Waals surface area contributed by atoms with Gasteiger partial charge in [-0.15, -0.1) is 0 Å². The van der Waals surface area contributed by atoms with E-state index in [9.17, 15) is 14.0 Å². The fourth-order valence-electron chi connectivity index (χ4n) is 3.08. The summed E-state index contributed by atoms with van der Waals surface area (Å²) in [4.78, 5) is 27.0. The quantitative estimate of drug-likeness (QED) is 0.788. The summed E-state index contributed by atoms with van der Waals surface area (Å²) in [6.07, 6.45) is 1.94. The fourth-order valence-corrected chi connectivity index (χ4v) is 3.08. The number of benzene rings is 1. The molecule has 0 saturated carbocycles. The van der Waals surface area contributed by atoms with Crippen molar-refractivity contribution in [2.24, 2.45) is 11.3 Å². The van der Waals surface area contributed by atoms with Gasteiger partial charge in [-0.05, 0) is 36.5 Å². The first kappa shape index (κ1) is 18.4. The normalized spacial score (nSPS) is 18.4. The molecule has 4 nitrogen and oxygen atoms in total. The maximum Gasteiger partial charge on any atom is 0.223 e. The van der Waals surface area contributed by atoms with Crippen LogP contribution in [0.2, 0.25) is 0 Å². The molecule has 0 bridgehead atoms. The number of piperidine rings is 1. The average Bonchev–Trinajstić information content (AvgIpc) is 2.52. The van der Waals surface area contributed by atoms with Crippen LogP contribution in [0.4, 0.5) is 4.39 Å². The van der Waals surface area contributed by atoms with Crippen molar-refractivity contribution in [2.75, 3.05) is 20.2 Å². The van der Waals surface area contributed by atoms with Crippen LogP contribution < -0.4 is 4.74 Å². The summed E-state index contributed by atoms with van der Waals surface area (Å²) < 4.78 is 18.7. The molecule has 1 aliphatic heterocycles. The van der Waals surface area contributed by atoms with Crippen molar-refractivity contribution in [3.63, 3.8) is 0 Å². The Morgan fingerprint density at radius 3 is 2.67 bits per heavy atom. The number of carbonyl (C=O) groups excluding carboxylic acids is 2. The maximum atomic E-state index is 13.5. The van der Waals surface area contributed by atoms with Crippen LogP contribution in [0, 0.1) is 17.2 Å². The molecule has 1 fully saturated rings. The molecule has 1 aromatic carbocycles. The first-order valence-corrected chi connectivity index (χ1v) is 8.37. The number of Topliss-reactive ketones (excluding diaryl/α,β-unsaturated/α-hetero) is 1. The Morgan fingerprint density at radius 2 is 2.04 bits per heavy atom. The van der Waals surface area contributed by atoms with E-state index in [4.69, 9.17) is 4.74 Å². The van der Waals surface area contributed by atoms with E-state index in [1.165, 1.54) is 25.3 Å². The number of amides is 1. The molecule has 0 N–H and O–H groups in total. The van der Waals surface area contributed by atoms with E-state index in [2.05, 4.69) is 0 Å². The third-order valence-electron chi connectivity index (χ3n) is 4.25. The molecule has 1 aliphatic rings. The number of hydrogen-bond donors (Lipinski definition) is 0. The number of nitrogens with zero attached hydrogens (tertiary/aromatic N) is 1. The van der Waals surface area contributed by atoms with E-state index >= 15 is 0 Å². The van der Waals surface area contributed by atoms with Gasteiger partial charge >= 0.3 is 0 Å². The summed E-state index contributed by atoms with van der Waals surface area (Å²) in [5, 5.41) is 0. The van der Waals surface area contributed by atoms with Crippen molar-refractivity contribution in [1.82, 2.24) is 4.90 Å². The smallest absolute Gasteiger partial charge is 0.223 e. The van der Waals surface area contributed by atoms with Crippen LogP contribution in [0.15, 0.2) is 18.2 Å². The van der Waals surface area contributed by atoms with Gasteiger partial charge in [0.1, 0.15) is 11.6 Å². The van der Waals surface area contributed by atoms with Crippen LogP contribution in [-0.2, 0) is 4.79 Å². The third-order valence-corrected chi connectivity index (χ3v) is 4.25. The Kier molecular flexibility index (Phi) is 5.62. The molecular formula is C19H26FNO3. The minimum atomic E-state index is -0.462. The number of ketones is 1. The van der Waals surface area contributed by atoms with Crippen molar-refractivity contribution in [1.29, 1.82) is 0 Å². The lowest BCUT2D eigenvalue weighted by Gasteiger charge is -2.34. The SMILES string of the molecule is COc1ccc(F)cc1C(=O)C1CCCN(C(=O)CC(C)(C)C)C1. The minimum Gasteiger partial charge on any atom is -0.496 e. The predicted molar refractivity (Wildman–Crippen MR) is 90.7 cm³/mol. The molecule has 1 aromatic rings. The number of rotatable bonds is 4.